The number of benzene rings is 2. The van der Waals surface area contributed by atoms with Crippen LogP contribution in [0.1, 0.15) is 36.4 Å². The third kappa shape index (κ3) is 7.41. The number of carbonyl (C=O) groups excluding carboxylic acids is 1. The predicted molar refractivity (Wildman–Crippen MR) is 213 cm³/mol. The molecule has 54 heavy (non-hydrogen) atoms. The molecular weight excluding hydrogens is 731 g/mol. The first-order chi connectivity index (χ1) is 26.0. The quantitative estimate of drug-likeness (QED) is 0.127. The summed E-state index contributed by atoms with van der Waals surface area (Å²) in [5, 5.41) is 16.3. The van der Waals surface area contributed by atoms with E-state index in [0.717, 1.165) is 53.5 Å². The Morgan fingerprint density at radius 3 is 2.43 bits per heavy atom. The number of aliphatic hydroxyl groups excluding tert-OH is 1. The van der Waals surface area contributed by atoms with Crippen molar-refractivity contribution in [2.24, 2.45) is 14.1 Å². The molecule has 15 heteroatoms. The zero-order valence-electron chi connectivity index (χ0n) is 30.9. The summed E-state index contributed by atoms with van der Waals surface area (Å²) in [6.07, 6.45) is 5.00. The van der Waals surface area contributed by atoms with Crippen LogP contribution in [-0.4, -0.2) is 87.5 Å². The summed E-state index contributed by atoms with van der Waals surface area (Å²) in [6.45, 7) is 1.62. The van der Waals surface area contributed by atoms with Gasteiger partial charge in [-0.1, -0.05) is 53.5 Å². The summed E-state index contributed by atoms with van der Waals surface area (Å²) < 4.78 is 8.35. The number of amides is 2. The Morgan fingerprint density at radius 1 is 1.00 bits per heavy atom. The number of unbranched alkanes of at least 4 members (excludes halogenated alkanes) is 1. The van der Waals surface area contributed by atoms with E-state index in [1.165, 1.54) is 17.8 Å². The molecule has 5 aromatic rings. The van der Waals surface area contributed by atoms with Crippen molar-refractivity contribution < 1.29 is 14.6 Å². The highest BCUT2D eigenvalue weighted by atomic mass is 35.5. The fourth-order valence-electron chi connectivity index (χ4n) is 7.25. The SMILES string of the molecule is CNC(=O)N(CCO)CCCCN(C)C1CCc2cc(-c3cccc(-c4cccc(Nc5nccc6c5c(=O)n(C)c(=O)n6C)c4Cl)c3Cl)nc(OC)c21. The first-order valence-electron chi connectivity index (χ1n) is 17.8. The van der Waals surface area contributed by atoms with E-state index in [0.29, 0.717) is 57.0 Å². The highest BCUT2D eigenvalue weighted by Crippen LogP contribution is 2.45. The Hall–Kier alpha value is -4.95. The molecule has 0 saturated heterocycles. The van der Waals surface area contributed by atoms with Gasteiger partial charge in [0.1, 0.15) is 11.2 Å². The van der Waals surface area contributed by atoms with Gasteiger partial charge in [0.2, 0.25) is 5.88 Å². The number of methoxy groups -OCH3 is 1. The maximum Gasteiger partial charge on any atom is 0.330 e. The molecule has 0 fully saturated rings. The number of ether oxygens (including phenoxy) is 1. The van der Waals surface area contributed by atoms with Crippen LogP contribution in [0.15, 0.2) is 64.3 Å². The Balaban J connectivity index is 1.25. The van der Waals surface area contributed by atoms with E-state index in [-0.39, 0.29) is 29.9 Å². The van der Waals surface area contributed by atoms with Crippen molar-refractivity contribution in [2.75, 3.05) is 52.8 Å². The van der Waals surface area contributed by atoms with Crippen LogP contribution in [-0.2, 0) is 20.5 Å². The zero-order chi connectivity index (χ0) is 38.7. The minimum Gasteiger partial charge on any atom is -0.481 e. The largest absolute Gasteiger partial charge is 0.481 e. The first-order valence-corrected chi connectivity index (χ1v) is 18.5. The number of aryl methyl sites for hydroxylation is 2. The summed E-state index contributed by atoms with van der Waals surface area (Å²) in [6, 6.07) is 14.9. The molecule has 1 aliphatic carbocycles. The van der Waals surface area contributed by atoms with E-state index >= 15 is 0 Å². The number of anilines is 2. The highest BCUT2D eigenvalue weighted by Gasteiger charge is 2.31. The van der Waals surface area contributed by atoms with E-state index < -0.39 is 11.2 Å². The first kappa shape index (κ1) is 38.8. The molecule has 2 aromatic carbocycles. The maximum absolute atomic E-state index is 13.2. The lowest BCUT2D eigenvalue weighted by atomic mass is 9.99. The van der Waals surface area contributed by atoms with Crippen molar-refractivity contribution in [2.45, 2.75) is 31.7 Å². The van der Waals surface area contributed by atoms with Gasteiger partial charge >= 0.3 is 11.7 Å². The van der Waals surface area contributed by atoms with Crippen LogP contribution in [0.4, 0.5) is 16.3 Å². The maximum atomic E-state index is 13.2. The summed E-state index contributed by atoms with van der Waals surface area (Å²) in [5.41, 5.74) is 5.04. The molecule has 13 nitrogen and oxygen atoms in total. The van der Waals surface area contributed by atoms with E-state index in [9.17, 15) is 19.5 Å². The summed E-state index contributed by atoms with van der Waals surface area (Å²) >= 11 is 14.2. The number of aromatic nitrogens is 4. The smallest absolute Gasteiger partial charge is 0.330 e. The van der Waals surface area contributed by atoms with Crippen LogP contribution in [0.2, 0.25) is 10.0 Å². The van der Waals surface area contributed by atoms with Gasteiger partial charge in [-0.05, 0) is 63.0 Å². The minimum absolute atomic E-state index is 0.0743. The van der Waals surface area contributed by atoms with Crippen molar-refractivity contribution in [1.82, 2.24) is 34.2 Å². The summed E-state index contributed by atoms with van der Waals surface area (Å²) in [4.78, 5) is 51.1. The van der Waals surface area contributed by atoms with Gasteiger partial charge in [0, 0.05) is 68.7 Å². The van der Waals surface area contributed by atoms with Gasteiger partial charge < -0.3 is 25.4 Å². The van der Waals surface area contributed by atoms with Gasteiger partial charge in [0.05, 0.1) is 40.7 Å². The van der Waals surface area contributed by atoms with Crippen molar-refractivity contribution in [3.8, 4) is 28.3 Å². The van der Waals surface area contributed by atoms with Gasteiger partial charge in [-0.25, -0.2) is 19.6 Å². The monoisotopic (exact) mass is 774 g/mol. The van der Waals surface area contributed by atoms with Crippen molar-refractivity contribution in [3.05, 3.63) is 96.7 Å². The predicted octanol–water partition coefficient (Wildman–Crippen LogP) is 5.75. The van der Waals surface area contributed by atoms with Crippen molar-refractivity contribution in [1.29, 1.82) is 0 Å². The number of pyridine rings is 2. The third-order valence-electron chi connectivity index (χ3n) is 10.1. The number of hydrogen-bond acceptors (Lipinski definition) is 9. The second-order valence-electron chi connectivity index (χ2n) is 13.3. The van der Waals surface area contributed by atoms with E-state index in [4.69, 9.17) is 32.9 Å². The molecule has 3 heterocycles. The van der Waals surface area contributed by atoms with Gasteiger partial charge in [-0.15, -0.1) is 0 Å². The fraction of sp³-hybridized carbons (Fsp3) is 0.359. The zero-order valence-corrected chi connectivity index (χ0v) is 32.5. The van der Waals surface area contributed by atoms with Gasteiger partial charge in [-0.2, -0.15) is 0 Å². The number of halogens is 2. The molecule has 0 saturated carbocycles. The summed E-state index contributed by atoms with van der Waals surface area (Å²) in [7, 11) is 8.36. The van der Waals surface area contributed by atoms with E-state index in [1.54, 1.807) is 38.2 Å². The van der Waals surface area contributed by atoms with Crippen molar-refractivity contribution >= 4 is 51.6 Å². The lowest BCUT2D eigenvalue weighted by molar-refractivity contribution is 0.175. The van der Waals surface area contributed by atoms with Crippen LogP contribution < -0.4 is 26.6 Å². The van der Waals surface area contributed by atoms with Crippen LogP contribution in [0, 0.1) is 0 Å². The van der Waals surface area contributed by atoms with Crippen molar-refractivity contribution in [3.63, 3.8) is 0 Å². The minimum atomic E-state index is -0.470. The molecule has 0 radical (unpaired) electrons. The Bertz CT molecular complexity index is 2330. The second-order valence-corrected chi connectivity index (χ2v) is 14.1. The average Bonchev–Trinajstić information content (AvgIpc) is 3.62. The molecular formula is C39H44Cl2N8O5. The fourth-order valence-corrected chi connectivity index (χ4v) is 7.85. The van der Waals surface area contributed by atoms with Crippen LogP contribution in [0.5, 0.6) is 5.88 Å². The number of aliphatic hydroxyl groups is 1. The highest BCUT2D eigenvalue weighted by molar-refractivity contribution is 6.39. The molecule has 3 N–H and O–H groups in total. The molecule has 1 unspecified atom stereocenters. The molecule has 284 valence electrons. The van der Waals surface area contributed by atoms with Crippen LogP contribution in [0.3, 0.4) is 0 Å². The van der Waals surface area contributed by atoms with Crippen LogP contribution in [0.25, 0.3) is 33.3 Å². The lowest BCUT2D eigenvalue weighted by Crippen LogP contribution is -2.40. The number of hydrogen-bond donors (Lipinski definition) is 3. The Labute approximate surface area is 323 Å². The number of rotatable bonds is 13. The second kappa shape index (κ2) is 16.6. The standard InChI is InChI=1S/C39H44Cl2N8O5/c1-42-38(52)49(20-21-50)19-7-6-18-46(2)29-15-14-23-22-28(45-36(54-5)31(23)29)26-12-8-10-24(33(26)40)25-11-9-13-27(34(25)41)44-35-32-30(16-17-43-35)47(3)39(53)48(4)37(32)51/h8-13,16-17,22,29,50H,6-7,14-15,18-21H2,1-5H3,(H,42,52)(H,43,44). The molecule has 3 aromatic heterocycles. The molecule has 1 atom stereocenters. The molecule has 6 rings (SSSR count). The molecule has 0 aliphatic heterocycles. The number of nitrogens with zero attached hydrogens (tertiary/aromatic N) is 6. The van der Waals surface area contributed by atoms with Gasteiger partial charge in [-0.3, -0.25) is 18.8 Å². The Morgan fingerprint density at radius 2 is 1.70 bits per heavy atom. The number of fused-ring (bicyclic) bond motifs is 2. The third-order valence-corrected chi connectivity index (χ3v) is 10.9. The average molecular weight is 776 g/mol. The number of carbonyl (C=O) groups is 1. The lowest BCUT2D eigenvalue weighted by Gasteiger charge is -2.27. The molecule has 2 amide bonds. The van der Waals surface area contributed by atoms with Gasteiger partial charge in [0.25, 0.3) is 5.56 Å². The van der Waals surface area contributed by atoms with E-state index in [1.807, 2.05) is 30.3 Å². The van der Waals surface area contributed by atoms with Crippen LogP contribution >= 0.6 is 23.2 Å². The Kier molecular flexibility index (Phi) is 11.9. The number of urea groups is 1. The molecule has 0 bridgehead atoms. The van der Waals surface area contributed by atoms with Gasteiger partial charge in [0.15, 0.2) is 0 Å². The molecule has 1 aliphatic rings. The normalized spacial score (nSPS) is 13.7. The molecule has 0 spiro atoms. The number of nitrogens with one attached hydrogen (secondary N) is 2. The topological polar surface area (TPSA) is 147 Å². The summed E-state index contributed by atoms with van der Waals surface area (Å²) in [5.74, 6) is 0.828. The van der Waals surface area contributed by atoms with E-state index in [2.05, 4.69) is 33.6 Å².